The summed E-state index contributed by atoms with van der Waals surface area (Å²) in [4.78, 5) is 16.4. The Morgan fingerprint density at radius 3 is 2.95 bits per heavy atom. The van der Waals surface area contributed by atoms with Gasteiger partial charge in [0.2, 0.25) is 5.91 Å². The van der Waals surface area contributed by atoms with E-state index >= 15 is 0 Å². The van der Waals surface area contributed by atoms with Crippen LogP contribution in [0.15, 0.2) is 22.6 Å². The van der Waals surface area contributed by atoms with Crippen LogP contribution >= 0.6 is 0 Å². The van der Waals surface area contributed by atoms with Gasteiger partial charge in [-0.1, -0.05) is 0 Å². The number of nitrogens with zero attached hydrogens (tertiary/aromatic N) is 1. The lowest BCUT2D eigenvalue weighted by Crippen LogP contribution is -2.43. The molecule has 2 aromatic rings. The minimum atomic E-state index is 0.0711. The number of anilines is 1. The first-order valence-corrected chi connectivity index (χ1v) is 7.19. The van der Waals surface area contributed by atoms with Crippen molar-refractivity contribution in [1.82, 2.24) is 10.3 Å². The number of amides is 1. The molecule has 0 radical (unpaired) electrons. The maximum atomic E-state index is 11.9. The molecule has 0 atom stereocenters. The summed E-state index contributed by atoms with van der Waals surface area (Å²) in [7, 11) is 0. The second-order valence-electron chi connectivity index (χ2n) is 5.79. The third-order valence-corrected chi connectivity index (χ3v) is 3.95. The first-order valence-electron chi connectivity index (χ1n) is 7.19. The zero-order valence-corrected chi connectivity index (χ0v) is 11.2. The fourth-order valence-corrected chi connectivity index (χ4v) is 2.49. The zero-order valence-electron chi connectivity index (χ0n) is 11.2. The van der Waals surface area contributed by atoms with Gasteiger partial charge in [0.25, 0.3) is 0 Å². The molecule has 1 aromatic carbocycles. The van der Waals surface area contributed by atoms with E-state index in [1.54, 1.807) is 0 Å². The lowest BCUT2D eigenvalue weighted by molar-refractivity contribution is -0.117. The Bertz CT molecular complexity index is 656. The van der Waals surface area contributed by atoms with E-state index in [2.05, 4.69) is 15.6 Å². The highest BCUT2D eigenvalue weighted by atomic mass is 16.3. The van der Waals surface area contributed by atoms with E-state index in [4.69, 9.17) is 4.42 Å². The van der Waals surface area contributed by atoms with Gasteiger partial charge in [-0.05, 0) is 50.0 Å². The summed E-state index contributed by atoms with van der Waals surface area (Å²) in [5, 5.41) is 6.11. The summed E-state index contributed by atoms with van der Waals surface area (Å²) in [6.07, 6.45) is 2.93. The van der Waals surface area contributed by atoms with Crippen molar-refractivity contribution < 1.29 is 9.21 Å². The summed E-state index contributed by atoms with van der Waals surface area (Å²) in [6.45, 7) is 1.89. The van der Waals surface area contributed by atoms with Gasteiger partial charge in [-0.2, -0.15) is 0 Å². The monoisotopic (exact) mass is 271 g/mol. The van der Waals surface area contributed by atoms with Crippen LogP contribution < -0.4 is 10.6 Å². The average molecular weight is 271 g/mol. The first kappa shape index (κ1) is 11.9. The third kappa shape index (κ3) is 2.29. The van der Waals surface area contributed by atoms with Crippen molar-refractivity contribution in [2.45, 2.75) is 25.2 Å². The number of aromatic nitrogens is 1. The number of benzene rings is 1. The summed E-state index contributed by atoms with van der Waals surface area (Å²) in [6, 6.07) is 5.65. The second kappa shape index (κ2) is 4.59. The van der Waals surface area contributed by atoms with Crippen molar-refractivity contribution in [3.8, 4) is 0 Å². The molecular weight excluding hydrogens is 254 g/mol. The summed E-state index contributed by atoms with van der Waals surface area (Å²) in [5.74, 6) is 1.89. The normalized spacial score (nSPS) is 19.0. The van der Waals surface area contributed by atoms with Crippen LogP contribution in [0.4, 0.5) is 5.69 Å². The maximum Gasteiger partial charge on any atom is 0.224 e. The van der Waals surface area contributed by atoms with Crippen molar-refractivity contribution in [3.63, 3.8) is 0 Å². The van der Waals surface area contributed by atoms with Crippen LogP contribution in [-0.4, -0.2) is 24.0 Å². The van der Waals surface area contributed by atoms with E-state index in [1.807, 2.05) is 18.2 Å². The van der Waals surface area contributed by atoms with Crippen LogP contribution in [0.5, 0.6) is 0 Å². The van der Waals surface area contributed by atoms with Gasteiger partial charge >= 0.3 is 0 Å². The molecule has 2 aliphatic rings. The van der Waals surface area contributed by atoms with Crippen molar-refractivity contribution >= 4 is 22.7 Å². The van der Waals surface area contributed by atoms with E-state index in [-0.39, 0.29) is 5.91 Å². The predicted molar refractivity (Wildman–Crippen MR) is 75.6 cm³/mol. The molecule has 104 valence electrons. The Balaban J connectivity index is 1.49. The molecule has 2 heterocycles. The summed E-state index contributed by atoms with van der Waals surface area (Å²) < 4.78 is 5.71. The van der Waals surface area contributed by atoms with E-state index < -0.39 is 0 Å². The highest BCUT2D eigenvalue weighted by Gasteiger charge is 2.29. The molecule has 1 saturated carbocycles. The quantitative estimate of drug-likeness (QED) is 0.895. The lowest BCUT2D eigenvalue weighted by atomic mass is 9.99. The zero-order chi connectivity index (χ0) is 13.5. The molecule has 5 nitrogen and oxygen atoms in total. The minimum absolute atomic E-state index is 0.0711. The van der Waals surface area contributed by atoms with Crippen LogP contribution in [0.1, 0.15) is 31.1 Å². The molecule has 0 bridgehead atoms. The first-order chi connectivity index (χ1) is 9.78. The fourth-order valence-electron chi connectivity index (χ4n) is 2.49. The largest absolute Gasteiger partial charge is 0.440 e. The van der Waals surface area contributed by atoms with Gasteiger partial charge in [0.05, 0.1) is 0 Å². The molecule has 20 heavy (non-hydrogen) atoms. The summed E-state index contributed by atoms with van der Waals surface area (Å²) in [5.41, 5.74) is 2.42. The van der Waals surface area contributed by atoms with Crippen molar-refractivity contribution in [3.05, 3.63) is 24.1 Å². The Morgan fingerprint density at radius 1 is 1.40 bits per heavy atom. The molecular formula is C15H17N3O2. The van der Waals surface area contributed by atoms with Gasteiger partial charge in [0.15, 0.2) is 11.5 Å². The number of hydrogen-bond acceptors (Lipinski definition) is 4. The number of carbonyl (C=O) groups is 1. The van der Waals surface area contributed by atoms with E-state index in [0.717, 1.165) is 35.8 Å². The smallest absolute Gasteiger partial charge is 0.224 e. The molecule has 1 aromatic heterocycles. The van der Waals surface area contributed by atoms with Gasteiger partial charge in [-0.25, -0.2) is 4.98 Å². The lowest BCUT2D eigenvalue weighted by Gasteiger charge is -2.26. The second-order valence-corrected chi connectivity index (χ2v) is 5.79. The third-order valence-electron chi connectivity index (χ3n) is 3.95. The predicted octanol–water partition coefficient (Wildman–Crippen LogP) is 2.25. The Labute approximate surface area is 116 Å². The molecule has 0 spiro atoms. The van der Waals surface area contributed by atoms with Gasteiger partial charge in [0, 0.05) is 18.0 Å². The molecule has 1 saturated heterocycles. The highest BCUT2D eigenvalue weighted by molar-refractivity contribution is 5.93. The minimum Gasteiger partial charge on any atom is -0.440 e. The number of hydrogen-bond donors (Lipinski definition) is 2. The molecule has 2 N–H and O–H groups in total. The molecule has 1 aliphatic heterocycles. The Kier molecular flexibility index (Phi) is 2.73. The van der Waals surface area contributed by atoms with Gasteiger partial charge in [0.1, 0.15) is 5.52 Å². The average Bonchev–Trinajstić information content (AvgIpc) is 3.14. The molecule has 1 amide bonds. The van der Waals surface area contributed by atoms with Crippen molar-refractivity contribution in [1.29, 1.82) is 0 Å². The van der Waals surface area contributed by atoms with Gasteiger partial charge in [-0.3, -0.25) is 4.79 Å². The topological polar surface area (TPSA) is 67.2 Å². The molecule has 1 aliphatic carbocycles. The van der Waals surface area contributed by atoms with Gasteiger partial charge in [-0.15, -0.1) is 0 Å². The van der Waals surface area contributed by atoms with Crippen molar-refractivity contribution in [2.75, 3.05) is 18.4 Å². The SMILES string of the molecule is O=C(CC1CNC1)Nc1ccc2oc(C3CC3)nc2c1. The molecule has 0 unspecified atom stereocenters. The molecule has 2 fully saturated rings. The van der Waals surface area contributed by atoms with Gasteiger partial charge < -0.3 is 15.1 Å². The van der Waals surface area contributed by atoms with Crippen LogP contribution in [0.2, 0.25) is 0 Å². The number of nitrogens with one attached hydrogen (secondary N) is 2. The van der Waals surface area contributed by atoms with Crippen LogP contribution in [0.3, 0.4) is 0 Å². The fraction of sp³-hybridized carbons (Fsp3) is 0.467. The highest BCUT2D eigenvalue weighted by Crippen LogP contribution is 2.40. The van der Waals surface area contributed by atoms with Crippen LogP contribution in [-0.2, 0) is 4.79 Å². The molecule has 4 rings (SSSR count). The van der Waals surface area contributed by atoms with E-state index in [1.165, 1.54) is 12.8 Å². The maximum absolute atomic E-state index is 11.9. The Morgan fingerprint density at radius 2 is 2.25 bits per heavy atom. The summed E-state index contributed by atoms with van der Waals surface area (Å²) >= 11 is 0. The van der Waals surface area contributed by atoms with Crippen LogP contribution in [0, 0.1) is 5.92 Å². The number of oxazole rings is 1. The number of fused-ring (bicyclic) bond motifs is 1. The Hall–Kier alpha value is -1.88. The van der Waals surface area contributed by atoms with Crippen molar-refractivity contribution in [2.24, 2.45) is 5.92 Å². The number of rotatable bonds is 4. The number of carbonyl (C=O) groups excluding carboxylic acids is 1. The van der Waals surface area contributed by atoms with E-state index in [0.29, 0.717) is 18.3 Å². The molecule has 5 heteroatoms. The van der Waals surface area contributed by atoms with Crippen LogP contribution in [0.25, 0.3) is 11.1 Å². The van der Waals surface area contributed by atoms with E-state index in [9.17, 15) is 4.79 Å². The standard InChI is InChI=1S/C15H17N3O2/c19-14(5-9-7-16-8-9)17-11-3-4-13-12(6-11)18-15(20-13)10-1-2-10/h3-4,6,9-10,16H,1-2,5,7-8H2,(H,17,19).